The highest BCUT2D eigenvalue weighted by Crippen LogP contribution is 2.06. The van der Waals surface area contributed by atoms with Crippen LogP contribution in [0.5, 0.6) is 0 Å². The Hall–Kier alpha value is -1.89. The molecule has 0 radical (unpaired) electrons. The van der Waals surface area contributed by atoms with Crippen LogP contribution in [0.3, 0.4) is 0 Å². The summed E-state index contributed by atoms with van der Waals surface area (Å²) >= 11 is 5.55. The number of nitrogens with zero attached hydrogens (tertiary/aromatic N) is 2. The number of amides is 2. The van der Waals surface area contributed by atoms with Gasteiger partial charge in [0.2, 0.25) is 5.28 Å². The Balaban J connectivity index is 2.50. The van der Waals surface area contributed by atoms with Crippen LogP contribution in [0.1, 0.15) is 16.1 Å². The average molecular weight is 259 g/mol. The van der Waals surface area contributed by atoms with Crippen LogP contribution in [0.25, 0.3) is 0 Å². The van der Waals surface area contributed by atoms with E-state index in [4.69, 9.17) is 16.7 Å². The highest BCUT2D eigenvalue weighted by atomic mass is 35.5. The summed E-state index contributed by atoms with van der Waals surface area (Å²) < 4.78 is 0. The number of hydrogen-bond donors (Lipinski definition) is 3. The first-order valence-electron chi connectivity index (χ1n) is 4.75. The van der Waals surface area contributed by atoms with Gasteiger partial charge in [-0.15, -0.1) is 0 Å². The maximum Gasteiger partial charge on any atom is 0.404 e. The number of aryl methyl sites for hydroxylation is 1. The van der Waals surface area contributed by atoms with Crippen LogP contribution in [0.15, 0.2) is 6.20 Å². The van der Waals surface area contributed by atoms with Gasteiger partial charge in [-0.3, -0.25) is 4.79 Å². The van der Waals surface area contributed by atoms with E-state index >= 15 is 0 Å². The molecule has 2 amide bonds. The fourth-order valence-electron chi connectivity index (χ4n) is 1.10. The van der Waals surface area contributed by atoms with Crippen LogP contribution in [0, 0.1) is 6.92 Å². The highest BCUT2D eigenvalue weighted by molar-refractivity contribution is 6.28. The molecule has 7 nitrogen and oxygen atoms in total. The van der Waals surface area contributed by atoms with Crippen LogP contribution in [-0.4, -0.2) is 40.2 Å². The summed E-state index contributed by atoms with van der Waals surface area (Å²) in [6, 6.07) is 0. The molecule has 0 aliphatic carbocycles. The second-order valence-electron chi connectivity index (χ2n) is 3.13. The Morgan fingerprint density at radius 1 is 1.41 bits per heavy atom. The third kappa shape index (κ3) is 4.23. The van der Waals surface area contributed by atoms with Gasteiger partial charge in [-0.2, -0.15) is 0 Å². The lowest BCUT2D eigenvalue weighted by atomic mass is 10.2. The number of hydrogen-bond acceptors (Lipinski definition) is 4. The summed E-state index contributed by atoms with van der Waals surface area (Å²) in [5.74, 6) is -0.369. The predicted octanol–water partition coefficient (Wildman–Crippen LogP) is 0.436. The molecule has 3 N–H and O–H groups in total. The van der Waals surface area contributed by atoms with Crippen molar-refractivity contribution < 1.29 is 14.7 Å². The van der Waals surface area contributed by atoms with Crippen LogP contribution < -0.4 is 10.6 Å². The van der Waals surface area contributed by atoms with Gasteiger partial charge in [0.05, 0.1) is 11.3 Å². The molecule has 0 unspecified atom stereocenters. The Labute approximate surface area is 102 Å². The Morgan fingerprint density at radius 3 is 2.65 bits per heavy atom. The number of aromatic nitrogens is 2. The summed E-state index contributed by atoms with van der Waals surface area (Å²) in [6.07, 6.45) is 0.190. The normalized spacial score (nSPS) is 9.76. The number of halogens is 1. The quantitative estimate of drug-likeness (QED) is 0.537. The molecule has 1 aromatic rings. The van der Waals surface area contributed by atoms with Crippen LogP contribution >= 0.6 is 11.6 Å². The number of carboxylic acid groups (broad SMARTS) is 1. The van der Waals surface area contributed by atoms with Crippen molar-refractivity contribution in [3.05, 3.63) is 22.7 Å². The SMILES string of the molecule is Cc1nc(Cl)ncc1C(=O)NCCNC(=O)O. The molecule has 0 aliphatic heterocycles. The Bertz CT molecular complexity index is 438. The van der Waals surface area contributed by atoms with Gasteiger partial charge in [0.25, 0.3) is 5.91 Å². The van der Waals surface area contributed by atoms with Gasteiger partial charge in [0.1, 0.15) is 0 Å². The monoisotopic (exact) mass is 258 g/mol. The van der Waals surface area contributed by atoms with E-state index in [0.29, 0.717) is 11.3 Å². The zero-order valence-corrected chi connectivity index (χ0v) is 9.78. The molecule has 0 aliphatic rings. The second-order valence-corrected chi connectivity index (χ2v) is 3.46. The molecule has 17 heavy (non-hydrogen) atoms. The zero-order chi connectivity index (χ0) is 12.8. The van der Waals surface area contributed by atoms with E-state index in [1.807, 2.05) is 0 Å². The molecule has 92 valence electrons. The van der Waals surface area contributed by atoms with Gasteiger partial charge in [0.15, 0.2) is 0 Å². The van der Waals surface area contributed by atoms with Gasteiger partial charge >= 0.3 is 6.09 Å². The number of nitrogens with one attached hydrogen (secondary N) is 2. The van der Waals surface area contributed by atoms with E-state index < -0.39 is 6.09 Å². The molecule has 0 aromatic carbocycles. The lowest BCUT2D eigenvalue weighted by molar-refractivity contribution is 0.0951. The fourth-order valence-corrected chi connectivity index (χ4v) is 1.28. The summed E-state index contributed by atoms with van der Waals surface area (Å²) in [7, 11) is 0. The third-order valence-electron chi connectivity index (χ3n) is 1.88. The van der Waals surface area contributed by atoms with Crippen molar-refractivity contribution in [1.29, 1.82) is 0 Å². The Morgan fingerprint density at radius 2 is 2.06 bits per heavy atom. The molecule has 1 heterocycles. The van der Waals surface area contributed by atoms with Crippen molar-refractivity contribution in [1.82, 2.24) is 20.6 Å². The summed E-state index contributed by atoms with van der Waals surface area (Å²) in [6.45, 7) is 1.96. The molecule has 0 saturated carbocycles. The Kier molecular flexibility index (Phi) is 4.65. The van der Waals surface area contributed by atoms with E-state index in [9.17, 15) is 9.59 Å². The van der Waals surface area contributed by atoms with E-state index in [1.165, 1.54) is 6.20 Å². The zero-order valence-electron chi connectivity index (χ0n) is 9.03. The first kappa shape index (κ1) is 13.2. The molecule has 0 bridgehead atoms. The summed E-state index contributed by atoms with van der Waals surface area (Å²) in [5, 5.41) is 13.0. The molecule has 1 aromatic heterocycles. The van der Waals surface area contributed by atoms with E-state index in [0.717, 1.165) is 0 Å². The lowest BCUT2D eigenvalue weighted by Gasteiger charge is -2.06. The average Bonchev–Trinajstić information content (AvgIpc) is 2.23. The second kappa shape index (κ2) is 6.00. The van der Waals surface area contributed by atoms with E-state index in [2.05, 4.69) is 20.6 Å². The highest BCUT2D eigenvalue weighted by Gasteiger charge is 2.10. The van der Waals surface area contributed by atoms with E-state index in [1.54, 1.807) is 6.92 Å². The van der Waals surface area contributed by atoms with Gasteiger partial charge in [-0.05, 0) is 18.5 Å². The van der Waals surface area contributed by atoms with Crippen LogP contribution in [0.4, 0.5) is 4.79 Å². The molecule has 1 rings (SSSR count). The predicted molar refractivity (Wildman–Crippen MR) is 60.1 cm³/mol. The van der Waals surface area contributed by atoms with Crippen LogP contribution in [0.2, 0.25) is 5.28 Å². The van der Waals surface area contributed by atoms with Crippen molar-refractivity contribution in [2.75, 3.05) is 13.1 Å². The maximum absolute atomic E-state index is 11.6. The molecule has 0 atom stereocenters. The van der Waals surface area contributed by atoms with Crippen molar-refractivity contribution in [2.45, 2.75) is 6.92 Å². The molecule has 0 spiro atoms. The van der Waals surface area contributed by atoms with Gasteiger partial charge in [0, 0.05) is 19.3 Å². The minimum atomic E-state index is -1.13. The topological polar surface area (TPSA) is 104 Å². The fraction of sp³-hybridized carbons (Fsp3) is 0.333. The molecule has 0 saturated heterocycles. The van der Waals surface area contributed by atoms with Gasteiger partial charge in [-0.1, -0.05) is 0 Å². The summed E-state index contributed by atoms with van der Waals surface area (Å²) in [5.41, 5.74) is 0.776. The van der Waals surface area contributed by atoms with Crippen molar-refractivity contribution >= 4 is 23.6 Å². The number of carbonyl (C=O) groups is 2. The van der Waals surface area contributed by atoms with Crippen LogP contribution in [-0.2, 0) is 0 Å². The largest absolute Gasteiger partial charge is 0.465 e. The lowest BCUT2D eigenvalue weighted by Crippen LogP contribution is -2.34. The summed E-state index contributed by atoms with van der Waals surface area (Å²) in [4.78, 5) is 29.3. The minimum absolute atomic E-state index is 0.0755. The molecule has 8 heteroatoms. The smallest absolute Gasteiger partial charge is 0.404 e. The van der Waals surface area contributed by atoms with Crippen molar-refractivity contribution in [2.24, 2.45) is 0 Å². The van der Waals surface area contributed by atoms with Crippen molar-refractivity contribution in [3.63, 3.8) is 0 Å². The third-order valence-corrected chi connectivity index (χ3v) is 2.06. The molecular formula is C9H11ClN4O3. The molecule has 0 fully saturated rings. The number of carbonyl (C=O) groups excluding carboxylic acids is 1. The first-order valence-corrected chi connectivity index (χ1v) is 5.12. The maximum atomic E-state index is 11.6. The minimum Gasteiger partial charge on any atom is -0.465 e. The van der Waals surface area contributed by atoms with Gasteiger partial charge in [-0.25, -0.2) is 14.8 Å². The molecular weight excluding hydrogens is 248 g/mol. The standard InChI is InChI=1S/C9H11ClN4O3/c1-5-6(4-13-8(10)14-5)7(15)11-2-3-12-9(16)17/h4,12H,2-3H2,1H3,(H,11,15)(H,16,17). The van der Waals surface area contributed by atoms with Gasteiger partial charge < -0.3 is 15.7 Å². The number of rotatable bonds is 4. The van der Waals surface area contributed by atoms with Crippen molar-refractivity contribution in [3.8, 4) is 0 Å². The first-order chi connectivity index (χ1) is 8.00. The van der Waals surface area contributed by atoms with E-state index in [-0.39, 0.29) is 24.3 Å².